The minimum atomic E-state index is -4.35. The van der Waals surface area contributed by atoms with Gasteiger partial charge in [-0.25, -0.2) is 0 Å². The number of alkyl halides is 3. The molecule has 5 nitrogen and oxygen atoms in total. The van der Waals surface area contributed by atoms with Crippen molar-refractivity contribution in [2.24, 2.45) is 11.7 Å². The highest BCUT2D eigenvalue weighted by molar-refractivity contribution is 5.73. The van der Waals surface area contributed by atoms with Gasteiger partial charge in [0.25, 0.3) is 0 Å². The van der Waals surface area contributed by atoms with Gasteiger partial charge in [0, 0.05) is 42.6 Å². The Balaban J connectivity index is 2.08. The van der Waals surface area contributed by atoms with E-state index in [-0.39, 0.29) is 6.04 Å². The van der Waals surface area contributed by atoms with Crippen LogP contribution in [-0.2, 0) is 25.7 Å². The van der Waals surface area contributed by atoms with Gasteiger partial charge in [0.15, 0.2) is 0 Å². The predicted octanol–water partition coefficient (Wildman–Crippen LogP) is 5.98. The summed E-state index contributed by atoms with van der Waals surface area (Å²) in [5.74, 6) is 1.24. The number of aromatic nitrogens is 1. The van der Waals surface area contributed by atoms with E-state index in [0.717, 1.165) is 52.6 Å². The second-order valence-corrected chi connectivity index (χ2v) is 9.09. The van der Waals surface area contributed by atoms with Crippen LogP contribution in [0.3, 0.4) is 0 Å². The fraction of sp³-hybridized carbons (Fsp3) is 0.407. The maximum Gasteiger partial charge on any atom is 0.416 e. The maximum atomic E-state index is 13.1. The van der Waals surface area contributed by atoms with Crippen LogP contribution in [0.5, 0.6) is 0 Å². The van der Waals surface area contributed by atoms with Crippen molar-refractivity contribution < 1.29 is 13.2 Å². The third kappa shape index (κ3) is 6.58. The molecule has 0 saturated heterocycles. The Hall–Kier alpha value is -2.97. The lowest BCUT2D eigenvalue weighted by Gasteiger charge is -2.18. The van der Waals surface area contributed by atoms with Crippen LogP contribution in [0.2, 0.25) is 0 Å². The van der Waals surface area contributed by atoms with Gasteiger partial charge in [0.1, 0.15) is 5.82 Å². The Kier molecular flexibility index (Phi) is 8.86. The largest absolute Gasteiger partial charge is 0.416 e. The molecule has 0 fully saturated rings. The SMILES string of the molecule is CCc1c(NC[C@H](N)C(C)C)c(CNC)c(Nc2ccccc2)n1Cc1ccc(C(F)(F)F)cc1. The number of hydrogen-bond acceptors (Lipinski definition) is 4. The lowest BCUT2D eigenvalue weighted by atomic mass is 10.1. The summed E-state index contributed by atoms with van der Waals surface area (Å²) in [7, 11) is 1.90. The third-order valence-electron chi connectivity index (χ3n) is 6.19. The zero-order valence-corrected chi connectivity index (χ0v) is 20.8. The molecule has 3 aromatic rings. The number of benzene rings is 2. The van der Waals surface area contributed by atoms with E-state index in [2.05, 4.69) is 41.3 Å². The Morgan fingerprint density at radius 1 is 1.00 bits per heavy atom. The quantitative estimate of drug-likeness (QED) is 0.269. The summed E-state index contributed by atoms with van der Waals surface area (Å²) in [5, 5.41) is 10.4. The van der Waals surface area contributed by atoms with Gasteiger partial charge >= 0.3 is 6.18 Å². The van der Waals surface area contributed by atoms with Gasteiger partial charge in [-0.1, -0.05) is 51.1 Å². The zero-order chi connectivity index (χ0) is 25.6. The molecule has 8 heteroatoms. The summed E-state index contributed by atoms with van der Waals surface area (Å²) < 4.78 is 41.4. The highest BCUT2D eigenvalue weighted by Gasteiger charge is 2.30. The summed E-state index contributed by atoms with van der Waals surface area (Å²) in [6.45, 7) is 7.95. The van der Waals surface area contributed by atoms with Crippen molar-refractivity contribution in [3.63, 3.8) is 0 Å². The van der Waals surface area contributed by atoms with E-state index in [1.807, 2.05) is 37.4 Å². The first-order valence-corrected chi connectivity index (χ1v) is 12.0. The van der Waals surface area contributed by atoms with Crippen molar-refractivity contribution in [2.45, 2.75) is 52.5 Å². The van der Waals surface area contributed by atoms with E-state index in [1.165, 1.54) is 0 Å². The molecule has 0 bridgehead atoms. The smallest absolute Gasteiger partial charge is 0.382 e. The first kappa shape index (κ1) is 26.6. The summed E-state index contributed by atoms with van der Waals surface area (Å²) in [4.78, 5) is 0. The Bertz CT molecular complexity index is 1070. The fourth-order valence-corrected chi connectivity index (χ4v) is 4.06. The molecule has 0 saturated carbocycles. The second kappa shape index (κ2) is 11.6. The third-order valence-corrected chi connectivity index (χ3v) is 6.19. The molecule has 190 valence electrons. The number of nitrogens with two attached hydrogens (primary N) is 1. The van der Waals surface area contributed by atoms with E-state index in [1.54, 1.807) is 12.1 Å². The number of nitrogens with one attached hydrogen (secondary N) is 3. The normalized spacial score (nSPS) is 12.7. The number of hydrogen-bond donors (Lipinski definition) is 4. The molecule has 0 amide bonds. The number of anilines is 3. The predicted molar refractivity (Wildman–Crippen MR) is 138 cm³/mol. The number of nitrogens with zero attached hydrogens (tertiary/aromatic N) is 1. The molecule has 2 aromatic carbocycles. The molecule has 0 aliphatic heterocycles. The van der Waals surface area contributed by atoms with E-state index in [9.17, 15) is 13.2 Å². The van der Waals surface area contributed by atoms with Gasteiger partial charge in [0.05, 0.1) is 11.3 Å². The standard InChI is InChI=1S/C27H36F3N5/c1-5-24-25(33-16-23(31)18(2)3)22(15-32-4)26(34-21-9-7-6-8-10-21)35(24)17-19-11-13-20(14-12-19)27(28,29)30/h6-14,18,23,32-34H,5,15-17,31H2,1-4H3/t23-/m0/s1. The summed E-state index contributed by atoms with van der Waals surface area (Å²) in [6, 6.07) is 15.2. The first-order valence-electron chi connectivity index (χ1n) is 12.0. The highest BCUT2D eigenvalue weighted by atomic mass is 19.4. The van der Waals surface area contributed by atoms with Crippen LogP contribution in [0, 0.1) is 5.92 Å². The molecule has 1 aromatic heterocycles. The van der Waals surface area contributed by atoms with Gasteiger partial charge in [-0.05, 0) is 49.2 Å². The van der Waals surface area contributed by atoms with Crippen LogP contribution in [-0.4, -0.2) is 24.2 Å². The average Bonchev–Trinajstić information content (AvgIpc) is 3.09. The Morgan fingerprint density at radius 3 is 2.20 bits per heavy atom. The van der Waals surface area contributed by atoms with Gasteiger partial charge in [-0.3, -0.25) is 0 Å². The molecular weight excluding hydrogens is 451 g/mol. The zero-order valence-electron chi connectivity index (χ0n) is 20.8. The van der Waals surface area contributed by atoms with Crippen molar-refractivity contribution in [2.75, 3.05) is 24.2 Å². The first-order chi connectivity index (χ1) is 16.7. The van der Waals surface area contributed by atoms with Crippen LogP contribution in [0.25, 0.3) is 0 Å². The average molecular weight is 488 g/mol. The maximum absolute atomic E-state index is 13.1. The van der Waals surface area contributed by atoms with E-state index in [0.29, 0.717) is 25.6 Å². The monoisotopic (exact) mass is 487 g/mol. The van der Waals surface area contributed by atoms with Crippen molar-refractivity contribution in [3.8, 4) is 0 Å². The summed E-state index contributed by atoms with van der Waals surface area (Å²) in [6.07, 6.45) is -3.61. The topological polar surface area (TPSA) is 67.0 Å². The molecule has 0 unspecified atom stereocenters. The minimum absolute atomic E-state index is 0.00839. The summed E-state index contributed by atoms with van der Waals surface area (Å²) >= 11 is 0. The van der Waals surface area contributed by atoms with Gasteiger partial charge in [0.2, 0.25) is 0 Å². The van der Waals surface area contributed by atoms with Crippen LogP contribution in [0.15, 0.2) is 54.6 Å². The molecule has 0 radical (unpaired) electrons. The van der Waals surface area contributed by atoms with Gasteiger partial charge < -0.3 is 26.3 Å². The van der Waals surface area contributed by atoms with Crippen LogP contribution >= 0.6 is 0 Å². The molecule has 1 heterocycles. The molecule has 5 N–H and O–H groups in total. The van der Waals surface area contributed by atoms with Crippen molar-refractivity contribution in [3.05, 3.63) is 77.0 Å². The number of rotatable bonds is 11. The van der Waals surface area contributed by atoms with E-state index < -0.39 is 11.7 Å². The van der Waals surface area contributed by atoms with Crippen LogP contribution < -0.4 is 21.7 Å². The lowest BCUT2D eigenvalue weighted by Crippen LogP contribution is -2.34. The van der Waals surface area contributed by atoms with Crippen molar-refractivity contribution in [1.29, 1.82) is 0 Å². The molecule has 1 atom stereocenters. The molecular formula is C27H36F3N5. The molecule has 35 heavy (non-hydrogen) atoms. The van der Waals surface area contributed by atoms with Crippen LogP contribution in [0.1, 0.15) is 43.2 Å². The van der Waals surface area contributed by atoms with E-state index >= 15 is 0 Å². The Labute approximate surface area is 205 Å². The van der Waals surface area contributed by atoms with Crippen molar-refractivity contribution in [1.82, 2.24) is 9.88 Å². The number of para-hydroxylation sites is 1. The lowest BCUT2D eigenvalue weighted by molar-refractivity contribution is -0.137. The molecule has 3 rings (SSSR count). The Morgan fingerprint density at radius 2 is 1.66 bits per heavy atom. The van der Waals surface area contributed by atoms with Gasteiger partial charge in [-0.2, -0.15) is 13.2 Å². The van der Waals surface area contributed by atoms with E-state index in [4.69, 9.17) is 5.73 Å². The highest BCUT2D eigenvalue weighted by Crippen LogP contribution is 2.36. The molecule has 0 aliphatic rings. The van der Waals surface area contributed by atoms with Gasteiger partial charge in [-0.15, -0.1) is 0 Å². The number of halogens is 3. The minimum Gasteiger partial charge on any atom is -0.382 e. The summed E-state index contributed by atoms with van der Waals surface area (Å²) in [5.41, 5.74) is 10.6. The van der Waals surface area contributed by atoms with Crippen molar-refractivity contribution >= 4 is 17.2 Å². The second-order valence-electron chi connectivity index (χ2n) is 9.09. The van der Waals surface area contributed by atoms with Crippen LogP contribution in [0.4, 0.5) is 30.4 Å². The fourth-order valence-electron chi connectivity index (χ4n) is 4.06. The molecule has 0 aliphatic carbocycles. The molecule has 0 spiro atoms.